The number of carbonyl (C=O) groups is 1. The lowest BCUT2D eigenvalue weighted by Gasteiger charge is -2.37. The Bertz CT molecular complexity index is 834. The average Bonchev–Trinajstić information content (AvgIpc) is 2.70. The van der Waals surface area contributed by atoms with Crippen LogP contribution in [0.5, 0.6) is 0 Å². The molecule has 0 spiro atoms. The Morgan fingerprint density at radius 2 is 1.89 bits per heavy atom. The van der Waals surface area contributed by atoms with Crippen molar-refractivity contribution in [2.24, 2.45) is 0 Å². The Morgan fingerprint density at radius 1 is 1.15 bits per heavy atom. The van der Waals surface area contributed by atoms with E-state index in [0.717, 1.165) is 32.7 Å². The third kappa shape index (κ3) is 4.94. The van der Waals surface area contributed by atoms with Gasteiger partial charge in [-0.15, -0.1) is 0 Å². The van der Waals surface area contributed by atoms with Crippen molar-refractivity contribution in [1.82, 2.24) is 9.80 Å². The standard InChI is InChI=1S/C22H26N4O/c1-17-6-3-4-8-20(17)16-25-10-12-26(13-11-25)18(2)22(27)24-21-9-5-7-19(14-21)15-23/h3-9,14,18H,10-13,16H2,1-2H3,(H,24,27)/t18-/m0/s1. The van der Waals surface area contributed by atoms with Crippen molar-refractivity contribution in [3.8, 4) is 6.07 Å². The van der Waals surface area contributed by atoms with Crippen molar-refractivity contribution in [1.29, 1.82) is 5.26 Å². The molecular weight excluding hydrogens is 336 g/mol. The lowest BCUT2D eigenvalue weighted by atomic mass is 10.1. The van der Waals surface area contributed by atoms with Gasteiger partial charge in [0.1, 0.15) is 0 Å². The normalized spacial score (nSPS) is 16.5. The van der Waals surface area contributed by atoms with Gasteiger partial charge in [-0.05, 0) is 43.2 Å². The minimum Gasteiger partial charge on any atom is -0.325 e. The van der Waals surface area contributed by atoms with Crippen molar-refractivity contribution in [3.05, 3.63) is 65.2 Å². The molecule has 1 atom stereocenters. The Hall–Kier alpha value is -2.68. The molecule has 0 unspecified atom stereocenters. The van der Waals surface area contributed by atoms with E-state index in [1.165, 1.54) is 11.1 Å². The van der Waals surface area contributed by atoms with Crippen LogP contribution in [0.25, 0.3) is 0 Å². The Labute approximate surface area is 161 Å². The summed E-state index contributed by atoms with van der Waals surface area (Å²) >= 11 is 0. The number of nitrogens with zero attached hydrogens (tertiary/aromatic N) is 3. The Balaban J connectivity index is 1.52. The van der Waals surface area contributed by atoms with Gasteiger partial charge < -0.3 is 5.32 Å². The molecule has 0 bridgehead atoms. The monoisotopic (exact) mass is 362 g/mol. The third-order valence-corrected chi connectivity index (χ3v) is 5.25. The van der Waals surface area contributed by atoms with Gasteiger partial charge >= 0.3 is 0 Å². The molecule has 2 aromatic rings. The first-order valence-corrected chi connectivity index (χ1v) is 9.39. The van der Waals surface area contributed by atoms with Crippen LogP contribution in [-0.2, 0) is 11.3 Å². The topological polar surface area (TPSA) is 59.4 Å². The zero-order chi connectivity index (χ0) is 19.2. The second kappa shape index (κ2) is 8.81. The van der Waals surface area contributed by atoms with Gasteiger partial charge in [-0.1, -0.05) is 30.3 Å². The van der Waals surface area contributed by atoms with Crippen LogP contribution in [0.4, 0.5) is 5.69 Å². The van der Waals surface area contributed by atoms with E-state index in [1.54, 1.807) is 18.2 Å². The second-order valence-corrected chi connectivity index (χ2v) is 7.10. The number of carbonyl (C=O) groups excluding carboxylic acids is 1. The van der Waals surface area contributed by atoms with Crippen molar-refractivity contribution in [2.45, 2.75) is 26.4 Å². The van der Waals surface area contributed by atoms with Crippen LogP contribution in [-0.4, -0.2) is 47.9 Å². The molecule has 1 amide bonds. The van der Waals surface area contributed by atoms with Crippen LogP contribution in [0.2, 0.25) is 0 Å². The van der Waals surface area contributed by atoms with Gasteiger partial charge in [0.25, 0.3) is 0 Å². The van der Waals surface area contributed by atoms with Crippen LogP contribution >= 0.6 is 0 Å². The number of nitrogens with one attached hydrogen (secondary N) is 1. The maximum atomic E-state index is 12.6. The number of aryl methyl sites for hydroxylation is 1. The fraction of sp³-hybridized carbons (Fsp3) is 0.364. The highest BCUT2D eigenvalue weighted by atomic mass is 16.2. The van der Waals surface area contributed by atoms with Crippen LogP contribution < -0.4 is 5.32 Å². The summed E-state index contributed by atoms with van der Waals surface area (Å²) in [6, 6.07) is 17.4. The summed E-state index contributed by atoms with van der Waals surface area (Å²) in [7, 11) is 0. The molecule has 1 saturated heterocycles. The van der Waals surface area contributed by atoms with E-state index < -0.39 is 0 Å². The molecule has 2 aromatic carbocycles. The first-order chi connectivity index (χ1) is 13.1. The highest BCUT2D eigenvalue weighted by molar-refractivity contribution is 5.94. The first kappa shape index (κ1) is 19.1. The average molecular weight is 362 g/mol. The molecule has 140 valence electrons. The SMILES string of the molecule is Cc1ccccc1CN1CCN([C@@H](C)C(=O)Nc2cccc(C#N)c2)CC1. The number of nitriles is 1. The van der Waals surface area contributed by atoms with Gasteiger partial charge in [0, 0.05) is 38.4 Å². The molecule has 1 heterocycles. The quantitative estimate of drug-likeness (QED) is 0.888. The van der Waals surface area contributed by atoms with E-state index in [4.69, 9.17) is 5.26 Å². The van der Waals surface area contributed by atoms with Crippen LogP contribution in [0, 0.1) is 18.3 Å². The molecule has 0 aliphatic carbocycles. The molecule has 3 rings (SSSR count). The van der Waals surface area contributed by atoms with E-state index in [9.17, 15) is 4.79 Å². The van der Waals surface area contributed by atoms with Crippen LogP contribution in [0.3, 0.4) is 0 Å². The zero-order valence-electron chi connectivity index (χ0n) is 16.0. The van der Waals surface area contributed by atoms with Crippen LogP contribution in [0.1, 0.15) is 23.6 Å². The number of piperazine rings is 1. The van der Waals surface area contributed by atoms with Gasteiger partial charge in [-0.2, -0.15) is 5.26 Å². The number of amides is 1. The van der Waals surface area contributed by atoms with Gasteiger partial charge in [0.2, 0.25) is 5.91 Å². The highest BCUT2D eigenvalue weighted by Gasteiger charge is 2.25. The molecule has 1 fully saturated rings. The van der Waals surface area contributed by atoms with Gasteiger partial charge in [-0.3, -0.25) is 14.6 Å². The molecule has 0 radical (unpaired) electrons. The molecule has 5 heteroatoms. The number of anilines is 1. The number of rotatable bonds is 5. The van der Waals surface area contributed by atoms with E-state index in [0.29, 0.717) is 11.3 Å². The molecule has 1 aliphatic rings. The molecular formula is C22H26N4O. The van der Waals surface area contributed by atoms with Crippen LogP contribution in [0.15, 0.2) is 48.5 Å². The summed E-state index contributed by atoms with van der Waals surface area (Å²) in [5, 5.41) is 11.9. The summed E-state index contributed by atoms with van der Waals surface area (Å²) in [4.78, 5) is 17.2. The predicted octanol–water partition coefficient (Wildman–Crippen LogP) is 3.01. The minimum atomic E-state index is -0.198. The van der Waals surface area contributed by atoms with Crippen molar-refractivity contribution in [2.75, 3.05) is 31.5 Å². The van der Waals surface area contributed by atoms with Gasteiger partial charge in [-0.25, -0.2) is 0 Å². The molecule has 5 nitrogen and oxygen atoms in total. The molecule has 1 aliphatic heterocycles. The Kier molecular flexibility index (Phi) is 6.23. The predicted molar refractivity (Wildman–Crippen MR) is 107 cm³/mol. The number of benzene rings is 2. The molecule has 27 heavy (non-hydrogen) atoms. The summed E-state index contributed by atoms with van der Waals surface area (Å²) in [6.45, 7) is 8.71. The van der Waals surface area contributed by atoms with E-state index in [-0.39, 0.29) is 11.9 Å². The van der Waals surface area contributed by atoms with E-state index >= 15 is 0 Å². The fourth-order valence-electron chi connectivity index (χ4n) is 3.42. The van der Waals surface area contributed by atoms with Crippen molar-refractivity contribution >= 4 is 11.6 Å². The number of hydrogen-bond donors (Lipinski definition) is 1. The molecule has 0 aromatic heterocycles. The summed E-state index contributed by atoms with van der Waals surface area (Å²) < 4.78 is 0. The molecule has 1 N–H and O–H groups in total. The minimum absolute atomic E-state index is 0.0301. The number of hydrogen-bond acceptors (Lipinski definition) is 4. The smallest absolute Gasteiger partial charge is 0.241 e. The highest BCUT2D eigenvalue weighted by Crippen LogP contribution is 2.15. The summed E-state index contributed by atoms with van der Waals surface area (Å²) in [5.74, 6) is -0.0301. The first-order valence-electron chi connectivity index (χ1n) is 9.39. The maximum absolute atomic E-state index is 12.6. The zero-order valence-corrected chi connectivity index (χ0v) is 16.0. The molecule has 0 saturated carbocycles. The lowest BCUT2D eigenvalue weighted by molar-refractivity contribution is -0.121. The maximum Gasteiger partial charge on any atom is 0.241 e. The summed E-state index contributed by atoms with van der Waals surface area (Å²) in [6.07, 6.45) is 0. The second-order valence-electron chi connectivity index (χ2n) is 7.10. The third-order valence-electron chi connectivity index (χ3n) is 5.25. The van der Waals surface area contributed by atoms with Gasteiger partial charge in [0.15, 0.2) is 0 Å². The van der Waals surface area contributed by atoms with Crippen molar-refractivity contribution < 1.29 is 4.79 Å². The largest absolute Gasteiger partial charge is 0.325 e. The van der Waals surface area contributed by atoms with E-state index in [2.05, 4.69) is 52.4 Å². The Morgan fingerprint density at radius 3 is 2.59 bits per heavy atom. The van der Waals surface area contributed by atoms with E-state index in [1.807, 2.05) is 13.0 Å². The summed E-state index contributed by atoms with van der Waals surface area (Å²) in [5.41, 5.74) is 3.91. The van der Waals surface area contributed by atoms with Crippen molar-refractivity contribution in [3.63, 3.8) is 0 Å². The van der Waals surface area contributed by atoms with Gasteiger partial charge in [0.05, 0.1) is 17.7 Å². The lowest BCUT2D eigenvalue weighted by Crippen LogP contribution is -2.52. The fourth-order valence-corrected chi connectivity index (χ4v) is 3.42.